The zero-order valence-corrected chi connectivity index (χ0v) is 12.8. The van der Waals surface area contributed by atoms with E-state index in [9.17, 15) is 9.18 Å². The van der Waals surface area contributed by atoms with Crippen LogP contribution in [0.25, 0.3) is 0 Å². The lowest BCUT2D eigenvalue weighted by Crippen LogP contribution is -2.29. The van der Waals surface area contributed by atoms with Gasteiger partial charge in [-0.3, -0.25) is 14.7 Å². The molecular formula is C16H16ClFN2O2. The Bertz CT molecular complexity index is 659. The van der Waals surface area contributed by atoms with Crippen LogP contribution in [-0.4, -0.2) is 27.5 Å². The molecule has 2 aromatic rings. The molecule has 0 spiro atoms. The Morgan fingerprint density at radius 3 is 2.77 bits per heavy atom. The number of hydrogen-bond acceptors (Lipinski definition) is 3. The largest absolute Gasteiger partial charge is 0.480 e. The van der Waals surface area contributed by atoms with E-state index in [0.29, 0.717) is 17.1 Å². The van der Waals surface area contributed by atoms with Crippen molar-refractivity contribution < 1.29 is 14.3 Å². The molecule has 0 amide bonds. The van der Waals surface area contributed by atoms with Crippen LogP contribution in [0, 0.1) is 12.7 Å². The Labute approximate surface area is 133 Å². The summed E-state index contributed by atoms with van der Waals surface area (Å²) in [4.78, 5) is 16.7. The molecule has 0 unspecified atom stereocenters. The number of aryl methyl sites for hydroxylation is 1. The van der Waals surface area contributed by atoms with Crippen molar-refractivity contribution in [3.8, 4) is 0 Å². The molecule has 1 aromatic carbocycles. The first-order valence-electron chi connectivity index (χ1n) is 6.74. The van der Waals surface area contributed by atoms with E-state index in [1.807, 2.05) is 13.0 Å². The third kappa shape index (κ3) is 4.26. The Hall–Kier alpha value is -1.98. The standard InChI is InChI=1S/C16H16ClFN2O2/c1-11-5-6-19-7-12(11)8-20(10-16(21)22)9-13-14(17)3-2-4-15(13)18/h2-7H,8-10H2,1H3,(H,21,22). The molecule has 22 heavy (non-hydrogen) atoms. The van der Waals surface area contributed by atoms with Gasteiger partial charge in [-0.25, -0.2) is 4.39 Å². The summed E-state index contributed by atoms with van der Waals surface area (Å²) in [5, 5.41) is 9.35. The first kappa shape index (κ1) is 16.4. The van der Waals surface area contributed by atoms with Crippen LogP contribution < -0.4 is 0 Å². The number of carboxylic acids is 1. The van der Waals surface area contributed by atoms with Crippen LogP contribution in [0.15, 0.2) is 36.7 Å². The first-order chi connectivity index (χ1) is 10.5. The maximum absolute atomic E-state index is 13.9. The van der Waals surface area contributed by atoms with Gasteiger partial charge >= 0.3 is 5.97 Å². The van der Waals surface area contributed by atoms with Gasteiger partial charge < -0.3 is 5.11 Å². The number of halogens is 2. The molecule has 1 aromatic heterocycles. The van der Waals surface area contributed by atoms with E-state index in [1.54, 1.807) is 23.4 Å². The molecule has 0 saturated heterocycles. The first-order valence-corrected chi connectivity index (χ1v) is 7.11. The highest BCUT2D eigenvalue weighted by Crippen LogP contribution is 2.22. The van der Waals surface area contributed by atoms with Crippen LogP contribution >= 0.6 is 11.6 Å². The Morgan fingerprint density at radius 1 is 1.36 bits per heavy atom. The quantitative estimate of drug-likeness (QED) is 0.887. The fourth-order valence-electron chi connectivity index (χ4n) is 2.17. The minimum atomic E-state index is -0.978. The van der Waals surface area contributed by atoms with Crippen molar-refractivity contribution in [2.24, 2.45) is 0 Å². The van der Waals surface area contributed by atoms with Gasteiger partial charge in [-0.2, -0.15) is 0 Å². The lowest BCUT2D eigenvalue weighted by atomic mass is 10.1. The summed E-state index contributed by atoms with van der Waals surface area (Å²) in [6.45, 7) is 2.19. The third-order valence-electron chi connectivity index (χ3n) is 3.34. The average molecular weight is 323 g/mol. The van der Waals surface area contributed by atoms with E-state index in [1.165, 1.54) is 12.1 Å². The number of aliphatic carboxylic acids is 1. The summed E-state index contributed by atoms with van der Waals surface area (Å²) in [6, 6.07) is 6.28. The average Bonchev–Trinajstić information content (AvgIpc) is 2.45. The zero-order valence-electron chi connectivity index (χ0n) is 12.1. The van der Waals surface area contributed by atoms with Gasteiger partial charge in [0.2, 0.25) is 0 Å². The highest BCUT2D eigenvalue weighted by molar-refractivity contribution is 6.31. The van der Waals surface area contributed by atoms with Gasteiger partial charge in [0, 0.05) is 36.1 Å². The number of rotatable bonds is 6. The van der Waals surface area contributed by atoms with Gasteiger partial charge in [-0.15, -0.1) is 0 Å². The second-order valence-corrected chi connectivity index (χ2v) is 5.45. The maximum Gasteiger partial charge on any atom is 0.317 e. The highest BCUT2D eigenvalue weighted by atomic mass is 35.5. The second-order valence-electron chi connectivity index (χ2n) is 5.04. The van der Waals surface area contributed by atoms with E-state index in [4.69, 9.17) is 16.7 Å². The predicted molar refractivity (Wildman–Crippen MR) is 82.1 cm³/mol. The molecule has 0 saturated carbocycles. The van der Waals surface area contributed by atoms with Crippen molar-refractivity contribution in [1.82, 2.24) is 9.88 Å². The Morgan fingerprint density at radius 2 is 2.14 bits per heavy atom. The summed E-state index contributed by atoms with van der Waals surface area (Å²) in [5.74, 6) is -1.42. The number of nitrogens with zero attached hydrogens (tertiary/aromatic N) is 2. The summed E-state index contributed by atoms with van der Waals surface area (Å²) in [6.07, 6.45) is 3.36. The molecular weight excluding hydrogens is 307 g/mol. The summed E-state index contributed by atoms with van der Waals surface area (Å²) >= 11 is 6.02. The SMILES string of the molecule is Cc1ccncc1CN(CC(=O)O)Cc1c(F)cccc1Cl. The molecule has 0 atom stereocenters. The Kier molecular flexibility index (Phi) is 5.46. The molecule has 0 aliphatic heterocycles. The molecule has 0 radical (unpaired) electrons. The summed E-state index contributed by atoms with van der Waals surface area (Å²) in [7, 11) is 0. The monoisotopic (exact) mass is 322 g/mol. The van der Waals surface area contributed by atoms with Gasteiger partial charge in [0.1, 0.15) is 5.82 Å². The third-order valence-corrected chi connectivity index (χ3v) is 3.70. The normalized spacial score (nSPS) is 10.9. The van der Waals surface area contributed by atoms with Crippen LogP contribution in [0.3, 0.4) is 0 Å². The van der Waals surface area contributed by atoms with Crippen molar-refractivity contribution in [3.63, 3.8) is 0 Å². The smallest absolute Gasteiger partial charge is 0.317 e. The van der Waals surface area contributed by atoms with Crippen LogP contribution in [0.1, 0.15) is 16.7 Å². The topological polar surface area (TPSA) is 53.4 Å². The fourth-order valence-corrected chi connectivity index (χ4v) is 2.39. The molecule has 0 bridgehead atoms. The molecule has 2 rings (SSSR count). The number of carbonyl (C=O) groups is 1. The molecule has 0 aliphatic rings. The van der Waals surface area contributed by atoms with E-state index >= 15 is 0 Å². The van der Waals surface area contributed by atoms with E-state index in [0.717, 1.165) is 11.1 Å². The minimum Gasteiger partial charge on any atom is -0.480 e. The maximum atomic E-state index is 13.9. The molecule has 4 nitrogen and oxygen atoms in total. The molecule has 0 aliphatic carbocycles. The van der Waals surface area contributed by atoms with Gasteiger partial charge in [0.25, 0.3) is 0 Å². The predicted octanol–water partition coefficient (Wildman–Crippen LogP) is 3.27. The van der Waals surface area contributed by atoms with E-state index in [2.05, 4.69) is 4.98 Å². The van der Waals surface area contributed by atoms with Crippen LogP contribution in [0.2, 0.25) is 5.02 Å². The number of pyridine rings is 1. The zero-order chi connectivity index (χ0) is 16.1. The van der Waals surface area contributed by atoms with E-state index < -0.39 is 11.8 Å². The minimum absolute atomic E-state index is 0.117. The highest BCUT2D eigenvalue weighted by Gasteiger charge is 2.16. The van der Waals surface area contributed by atoms with E-state index in [-0.39, 0.29) is 13.1 Å². The molecule has 6 heteroatoms. The summed E-state index contributed by atoms with van der Waals surface area (Å²) < 4.78 is 13.9. The summed E-state index contributed by atoms with van der Waals surface area (Å²) in [5.41, 5.74) is 2.20. The second kappa shape index (κ2) is 7.33. The van der Waals surface area contributed by atoms with Crippen molar-refractivity contribution in [3.05, 3.63) is 64.2 Å². The van der Waals surface area contributed by atoms with Crippen molar-refractivity contribution >= 4 is 17.6 Å². The molecule has 0 fully saturated rings. The lowest BCUT2D eigenvalue weighted by Gasteiger charge is -2.22. The van der Waals surface area contributed by atoms with Gasteiger partial charge in [0.15, 0.2) is 0 Å². The molecule has 1 N–H and O–H groups in total. The Balaban J connectivity index is 2.23. The number of aromatic nitrogens is 1. The van der Waals surface area contributed by atoms with Gasteiger partial charge in [-0.1, -0.05) is 17.7 Å². The van der Waals surface area contributed by atoms with Gasteiger partial charge in [-0.05, 0) is 36.2 Å². The fraction of sp³-hybridized carbons (Fsp3) is 0.250. The molecule has 116 valence electrons. The molecule has 1 heterocycles. The van der Waals surface area contributed by atoms with Crippen molar-refractivity contribution in [2.75, 3.05) is 6.54 Å². The van der Waals surface area contributed by atoms with Crippen LogP contribution in [-0.2, 0) is 17.9 Å². The number of hydrogen-bond donors (Lipinski definition) is 1. The van der Waals surface area contributed by atoms with Crippen LogP contribution in [0.4, 0.5) is 4.39 Å². The van der Waals surface area contributed by atoms with Crippen molar-refractivity contribution in [2.45, 2.75) is 20.0 Å². The van der Waals surface area contributed by atoms with Crippen molar-refractivity contribution in [1.29, 1.82) is 0 Å². The number of carboxylic acid groups (broad SMARTS) is 1. The number of benzene rings is 1. The van der Waals surface area contributed by atoms with Gasteiger partial charge in [0.05, 0.1) is 6.54 Å². The lowest BCUT2D eigenvalue weighted by molar-refractivity contribution is -0.138. The van der Waals surface area contributed by atoms with Crippen LogP contribution in [0.5, 0.6) is 0 Å².